The van der Waals surface area contributed by atoms with Gasteiger partial charge in [0, 0.05) is 11.9 Å². The number of halogens is 2. The molecule has 0 saturated heterocycles. The highest BCUT2D eigenvalue weighted by Gasteiger charge is 2.17. The lowest BCUT2D eigenvalue weighted by molar-refractivity contribution is -0.129. The van der Waals surface area contributed by atoms with Crippen molar-refractivity contribution < 1.29 is 18.8 Å². The highest BCUT2D eigenvalue weighted by atomic mass is 35.5. The van der Waals surface area contributed by atoms with Gasteiger partial charge >= 0.3 is 0 Å². The molecule has 0 radical (unpaired) electrons. The molecule has 0 heterocycles. The van der Waals surface area contributed by atoms with Crippen molar-refractivity contribution in [2.75, 3.05) is 0 Å². The van der Waals surface area contributed by atoms with Gasteiger partial charge < -0.3 is 5.32 Å². The lowest BCUT2D eigenvalue weighted by Gasteiger charge is -2.18. The third-order valence-corrected chi connectivity index (χ3v) is 3.91. The zero-order chi connectivity index (χ0) is 19.8. The molecule has 2 rings (SSSR count). The van der Waals surface area contributed by atoms with Gasteiger partial charge in [-0.3, -0.25) is 25.2 Å². The highest BCUT2D eigenvalue weighted by molar-refractivity contribution is 6.30. The molecule has 0 aromatic heterocycles. The van der Waals surface area contributed by atoms with Crippen LogP contribution in [0.3, 0.4) is 0 Å². The van der Waals surface area contributed by atoms with Crippen LogP contribution in [0.15, 0.2) is 48.5 Å². The fraction of sp³-hybridized carbons (Fsp3) is 0.211. The van der Waals surface area contributed by atoms with Crippen molar-refractivity contribution in [2.24, 2.45) is 0 Å². The number of carbonyl (C=O) groups excluding carboxylic acids is 3. The Morgan fingerprint density at radius 2 is 1.56 bits per heavy atom. The molecule has 2 aromatic rings. The van der Waals surface area contributed by atoms with Crippen LogP contribution in [0.5, 0.6) is 0 Å². The number of benzene rings is 2. The molecule has 2 aromatic carbocycles. The Bertz CT molecular complexity index is 810. The van der Waals surface area contributed by atoms with Crippen molar-refractivity contribution in [1.82, 2.24) is 16.2 Å². The molecule has 8 heteroatoms. The van der Waals surface area contributed by atoms with Crippen molar-refractivity contribution in [3.8, 4) is 0 Å². The van der Waals surface area contributed by atoms with Crippen LogP contribution in [-0.2, 0) is 20.8 Å². The summed E-state index contributed by atoms with van der Waals surface area (Å²) in [5.41, 5.74) is 5.93. The first-order chi connectivity index (χ1) is 12.8. The van der Waals surface area contributed by atoms with Gasteiger partial charge in [0.1, 0.15) is 5.82 Å². The average molecular weight is 392 g/mol. The minimum Gasteiger partial charge on any atom is -0.349 e. The maximum atomic E-state index is 12.9. The summed E-state index contributed by atoms with van der Waals surface area (Å²) >= 11 is 5.85. The lowest BCUT2D eigenvalue weighted by Crippen LogP contribution is -2.44. The predicted molar refractivity (Wildman–Crippen MR) is 99.0 cm³/mol. The molecule has 0 aliphatic carbocycles. The van der Waals surface area contributed by atoms with Crippen LogP contribution in [0.1, 0.15) is 30.5 Å². The summed E-state index contributed by atoms with van der Waals surface area (Å²) in [6.45, 7) is 1.35. The van der Waals surface area contributed by atoms with Gasteiger partial charge in [-0.05, 0) is 35.4 Å². The van der Waals surface area contributed by atoms with Crippen LogP contribution < -0.4 is 16.2 Å². The van der Waals surface area contributed by atoms with E-state index >= 15 is 0 Å². The van der Waals surface area contributed by atoms with Crippen LogP contribution in [0.25, 0.3) is 0 Å². The Labute approximate surface area is 161 Å². The maximum Gasteiger partial charge on any atom is 0.242 e. The topological polar surface area (TPSA) is 87.3 Å². The largest absolute Gasteiger partial charge is 0.349 e. The first kappa shape index (κ1) is 20.4. The van der Waals surface area contributed by atoms with Gasteiger partial charge in [0.15, 0.2) is 0 Å². The number of nitrogens with one attached hydrogen (secondary N) is 3. The number of amides is 3. The molecule has 0 aliphatic heterocycles. The Hall–Kier alpha value is -2.93. The van der Waals surface area contributed by atoms with E-state index in [-0.39, 0.29) is 18.7 Å². The van der Waals surface area contributed by atoms with E-state index in [1.165, 1.54) is 31.2 Å². The van der Waals surface area contributed by atoms with Crippen LogP contribution >= 0.6 is 11.6 Å². The van der Waals surface area contributed by atoms with Crippen molar-refractivity contribution in [3.63, 3.8) is 0 Å². The van der Waals surface area contributed by atoms with Gasteiger partial charge in [0.2, 0.25) is 17.7 Å². The fourth-order valence-electron chi connectivity index (χ4n) is 2.40. The van der Waals surface area contributed by atoms with Crippen LogP contribution in [0.4, 0.5) is 4.39 Å². The van der Waals surface area contributed by atoms with E-state index < -0.39 is 23.7 Å². The molecule has 6 nitrogen and oxygen atoms in total. The smallest absolute Gasteiger partial charge is 0.242 e. The number of carbonyl (C=O) groups is 3. The number of hydrogen-bond donors (Lipinski definition) is 3. The molecule has 3 N–H and O–H groups in total. The third kappa shape index (κ3) is 7.07. The van der Waals surface area contributed by atoms with Gasteiger partial charge in [-0.15, -0.1) is 0 Å². The summed E-state index contributed by atoms with van der Waals surface area (Å²) < 4.78 is 12.9. The molecule has 142 valence electrons. The Balaban J connectivity index is 1.89. The molecule has 27 heavy (non-hydrogen) atoms. The molecular weight excluding hydrogens is 373 g/mol. The van der Waals surface area contributed by atoms with Gasteiger partial charge in [-0.1, -0.05) is 35.9 Å². The quantitative estimate of drug-likeness (QED) is 0.661. The van der Waals surface area contributed by atoms with Crippen LogP contribution in [-0.4, -0.2) is 17.7 Å². The highest BCUT2D eigenvalue weighted by Crippen LogP contribution is 2.19. The molecule has 1 atom stereocenters. The van der Waals surface area contributed by atoms with E-state index in [0.717, 1.165) is 0 Å². The van der Waals surface area contributed by atoms with E-state index in [4.69, 9.17) is 11.6 Å². The van der Waals surface area contributed by atoms with Crippen LogP contribution in [0, 0.1) is 5.82 Å². The van der Waals surface area contributed by atoms with Crippen molar-refractivity contribution >= 4 is 29.3 Å². The molecule has 3 amide bonds. The monoisotopic (exact) mass is 391 g/mol. The summed E-state index contributed by atoms with van der Waals surface area (Å²) in [6.07, 6.45) is -0.0785. The van der Waals surface area contributed by atoms with E-state index in [1.807, 2.05) is 0 Å². The summed E-state index contributed by atoms with van der Waals surface area (Å²) in [5, 5.41) is 3.23. The Kier molecular flexibility index (Phi) is 7.31. The molecule has 0 spiro atoms. The second-order valence-electron chi connectivity index (χ2n) is 5.91. The van der Waals surface area contributed by atoms with Crippen LogP contribution in [0.2, 0.25) is 5.02 Å². The molecule has 0 saturated carbocycles. The molecular formula is C19H19ClFN3O3. The van der Waals surface area contributed by atoms with E-state index in [2.05, 4.69) is 16.2 Å². The number of hydrazine groups is 1. The summed E-state index contributed by atoms with van der Waals surface area (Å²) in [6, 6.07) is 11.7. The van der Waals surface area contributed by atoms with E-state index in [9.17, 15) is 18.8 Å². The van der Waals surface area contributed by atoms with Crippen molar-refractivity contribution in [3.05, 3.63) is 70.5 Å². The first-order valence-corrected chi connectivity index (χ1v) is 8.56. The first-order valence-electron chi connectivity index (χ1n) is 8.18. The fourth-order valence-corrected chi connectivity index (χ4v) is 2.53. The third-order valence-electron chi connectivity index (χ3n) is 3.66. The Morgan fingerprint density at radius 1 is 0.963 bits per heavy atom. The molecule has 0 fully saturated rings. The van der Waals surface area contributed by atoms with Gasteiger partial charge in [0.05, 0.1) is 18.9 Å². The minimum absolute atomic E-state index is 0.00707. The lowest BCUT2D eigenvalue weighted by atomic mass is 10.0. The zero-order valence-electron chi connectivity index (χ0n) is 14.6. The Morgan fingerprint density at radius 3 is 2.15 bits per heavy atom. The normalized spacial score (nSPS) is 11.4. The summed E-state index contributed by atoms with van der Waals surface area (Å²) in [5.74, 6) is -1.60. The molecule has 0 aliphatic rings. The van der Waals surface area contributed by atoms with E-state index in [1.54, 1.807) is 24.3 Å². The number of hydrogen-bond acceptors (Lipinski definition) is 3. The molecule has 0 bridgehead atoms. The minimum atomic E-state index is -0.561. The predicted octanol–water partition coefficient (Wildman–Crippen LogP) is 2.44. The maximum absolute atomic E-state index is 12.9. The van der Waals surface area contributed by atoms with Gasteiger partial charge in [-0.25, -0.2) is 4.39 Å². The van der Waals surface area contributed by atoms with Gasteiger partial charge in [-0.2, -0.15) is 0 Å². The number of rotatable bonds is 6. The summed E-state index contributed by atoms with van der Waals surface area (Å²) in [7, 11) is 0. The summed E-state index contributed by atoms with van der Waals surface area (Å²) in [4.78, 5) is 35.4. The SMILES string of the molecule is CC(=O)NC(CC(=O)NNC(=O)Cc1ccc(F)cc1)c1ccc(Cl)cc1. The second-order valence-corrected chi connectivity index (χ2v) is 6.34. The van der Waals surface area contributed by atoms with Gasteiger partial charge in [0.25, 0.3) is 0 Å². The van der Waals surface area contributed by atoms with Crippen molar-refractivity contribution in [1.29, 1.82) is 0 Å². The average Bonchev–Trinajstić information content (AvgIpc) is 2.62. The van der Waals surface area contributed by atoms with E-state index in [0.29, 0.717) is 16.1 Å². The van der Waals surface area contributed by atoms with Crippen molar-refractivity contribution in [2.45, 2.75) is 25.8 Å². The second kappa shape index (κ2) is 9.68. The molecule has 1 unspecified atom stereocenters. The zero-order valence-corrected chi connectivity index (χ0v) is 15.3. The standard InChI is InChI=1S/C19H19ClFN3O3/c1-12(25)22-17(14-4-6-15(20)7-5-14)11-19(27)24-23-18(26)10-13-2-8-16(21)9-3-13/h2-9,17H,10-11H2,1H3,(H,22,25)(H,23,26)(H,24,27).